The van der Waals surface area contributed by atoms with Gasteiger partial charge in [0.2, 0.25) is 0 Å². The van der Waals surface area contributed by atoms with Crippen molar-refractivity contribution in [2.75, 3.05) is 0 Å². The number of aromatic hydroxyl groups is 2. The first-order chi connectivity index (χ1) is 13.4. The zero-order chi connectivity index (χ0) is 20.3. The first-order valence-corrected chi connectivity index (χ1v) is 8.24. The number of carboxylic acids is 2. The largest absolute Gasteiger partial charge is 2.00 e. The fraction of sp³-hybridized carbons (Fsp3) is 0. The molecule has 0 saturated heterocycles. The van der Waals surface area contributed by atoms with Crippen molar-refractivity contribution in [3.8, 4) is 11.5 Å². The molecule has 0 aliphatic heterocycles. The Morgan fingerprint density at radius 3 is 1.17 bits per heavy atom. The molecule has 0 aliphatic rings. The number of carbonyl (C=O) groups excluding carboxylic acids is 2. The van der Waals surface area contributed by atoms with Crippen LogP contribution >= 0.6 is 0 Å². The average Bonchev–Trinajstić information content (AvgIpc) is 2.69. The van der Waals surface area contributed by atoms with E-state index >= 15 is 0 Å². The molecule has 0 heterocycles. The quantitative estimate of drug-likeness (QED) is 0.479. The van der Waals surface area contributed by atoms with Crippen LogP contribution in [0.5, 0.6) is 11.5 Å². The fourth-order valence-electron chi connectivity index (χ4n) is 2.92. The molecule has 0 fully saturated rings. The minimum atomic E-state index is -1.23. The van der Waals surface area contributed by atoms with E-state index < -0.39 is 11.9 Å². The smallest absolute Gasteiger partial charge is 0.545 e. The zero-order valence-corrected chi connectivity index (χ0v) is 17.4. The van der Waals surface area contributed by atoms with Gasteiger partial charge in [-0.3, -0.25) is 0 Å². The maximum absolute atomic E-state index is 10.7. The monoisotopic (exact) mass is 414 g/mol. The third-order valence-corrected chi connectivity index (χ3v) is 4.24. The van der Waals surface area contributed by atoms with Crippen LogP contribution in [-0.4, -0.2) is 59.9 Å². The van der Waals surface area contributed by atoms with E-state index in [0.29, 0.717) is 21.5 Å². The van der Waals surface area contributed by atoms with Gasteiger partial charge in [0.1, 0.15) is 11.5 Å². The number of phenolic OH excluding ortho intramolecular Hbond substituents is 2. The van der Waals surface area contributed by atoms with Crippen molar-refractivity contribution < 1.29 is 30.0 Å². The minimum Gasteiger partial charge on any atom is -0.545 e. The van der Waals surface area contributed by atoms with Crippen molar-refractivity contribution in [1.29, 1.82) is 0 Å². The number of aromatic carboxylic acids is 2. The molecule has 0 aromatic heterocycles. The summed E-state index contributed by atoms with van der Waals surface area (Å²) in [6.45, 7) is 0. The van der Waals surface area contributed by atoms with E-state index in [1.54, 1.807) is 48.5 Å². The second kappa shape index (κ2) is 9.60. The van der Waals surface area contributed by atoms with Gasteiger partial charge in [-0.25, -0.2) is 0 Å². The Hall–Kier alpha value is -2.80. The molecule has 0 aliphatic carbocycles. The summed E-state index contributed by atoms with van der Waals surface area (Å²) in [5, 5.41) is 42.4. The molecule has 6 nitrogen and oxygen atoms in total. The number of hydrogen-bond donors (Lipinski definition) is 2. The first-order valence-electron chi connectivity index (χ1n) is 8.24. The topological polar surface area (TPSA) is 121 Å². The van der Waals surface area contributed by atoms with Crippen LogP contribution in [0.25, 0.3) is 21.5 Å². The summed E-state index contributed by atoms with van der Waals surface area (Å²) in [5.41, 5.74) is 0.191. The summed E-state index contributed by atoms with van der Waals surface area (Å²) >= 11 is 0. The van der Waals surface area contributed by atoms with Crippen molar-refractivity contribution in [2.24, 2.45) is 0 Å². The number of fused-ring (bicyclic) bond motifs is 2. The van der Waals surface area contributed by atoms with Gasteiger partial charge < -0.3 is 30.0 Å². The summed E-state index contributed by atoms with van der Waals surface area (Å²) in [6.07, 6.45) is 0. The van der Waals surface area contributed by atoms with Crippen molar-refractivity contribution in [3.05, 3.63) is 83.9 Å². The molecule has 4 aromatic rings. The number of rotatable bonds is 2. The number of phenols is 2. The van der Waals surface area contributed by atoms with E-state index in [2.05, 4.69) is 0 Å². The summed E-state index contributed by atoms with van der Waals surface area (Å²) in [7, 11) is 0. The van der Waals surface area contributed by atoms with E-state index in [4.69, 9.17) is 0 Å². The summed E-state index contributed by atoms with van der Waals surface area (Å²) < 4.78 is 0. The Morgan fingerprint density at radius 2 is 0.862 bits per heavy atom. The Balaban J connectivity index is 0.000000200. The summed E-state index contributed by atoms with van der Waals surface area (Å²) in [4.78, 5) is 21.5. The molecule has 7 heteroatoms. The van der Waals surface area contributed by atoms with Crippen molar-refractivity contribution in [2.45, 2.75) is 0 Å². The van der Waals surface area contributed by atoms with Crippen LogP contribution in [0, 0.1) is 0 Å². The van der Waals surface area contributed by atoms with Gasteiger partial charge in [-0.15, -0.1) is 0 Å². The van der Waals surface area contributed by atoms with Gasteiger partial charge in [0.25, 0.3) is 0 Å². The zero-order valence-electron chi connectivity index (χ0n) is 15.2. The van der Waals surface area contributed by atoms with Gasteiger partial charge in [0, 0.05) is 21.9 Å². The van der Waals surface area contributed by atoms with Gasteiger partial charge in [0.05, 0.1) is 11.9 Å². The van der Waals surface area contributed by atoms with Gasteiger partial charge in [-0.2, -0.15) is 0 Å². The fourth-order valence-corrected chi connectivity index (χ4v) is 2.92. The molecular weight excluding hydrogens is 400 g/mol. The molecule has 0 atom stereocenters. The second-order valence-electron chi connectivity index (χ2n) is 5.93. The van der Waals surface area contributed by atoms with Gasteiger partial charge in [0.15, 0.2) is 0 Å². The normalized spacial score (nSPS) is 9.93. The first kappa shape index (κ1) is 22.5. The van der Waals surface area contributed by atoms with Gasteiger partial charge in [-0.05, 0) is 35.0 Å². The van der Waals surface area contributed by atoms with E-state index in [1.165, 1.54) is 24.3 Å². The summed E-state index contributed by atoms with van der Waals surface area (Å²) in [5.74, 6) is -2.32. The third-order valence-electron chi connectivity index (χ3n) is 4.24. The molecule has 4 rings (SSSR count). The molecular formula is C22H14CaO6. The Morgan fingerprint density at radius 1 is 0.552 bits per heavy atom. The van der Waals surface area contributed by atoms with E-state index in [9.17, 15) is 30.0 Å². The Kier molecular flexibility index (Phi) is 7.45. The molecule has 0 amide bonds. The maximum atomic E-state index is 10.7. The molecule has 0 spiro atoms. The maximum Gasteiger partial charge on any atom is 2.00 e. The van der Waals surface area contributed by atoms with Crippen molar-refractivity contribution in [1.82, 2.24) is 0 Å². The van der Waals surface area contributed by atoms with Gasteiger partial charge in [-0.1, -0.05) is 48.5 Å². The second-order valence-corrected chi connectivity index (χ2v) is 5.93. The van der Waals surface area contributed by atoms with E-state index in [1.807, 2.05) is 0 Å². The van der Waals surface area contributed by atoms with E-state index in [-0.39, 0.29) is 60.4 Å². The molecule has 2 N–H and O–H groups in total. The van der Waals surface area contributed by atoms with Crippen LogP contribution in [0.3, 0.4) is 0 Å². The summed E-state index contributed by atoms with van der Waals surface area (Å²) in [6, 6.07) is 18.9. The molecule has 0 saturated carbocycles. The Bertz CT molecular complexity index is 1110. The van der Waals surface area contributed by atoms with Crippen LogP contribution in [0.15, 0.2) is 72.8 Å². The standard InChI is InChI=1S/2C11H8O3.Ca/c2*12-10-6-5-9(11(13)14)7-3-1-2-4-8(7)10;/h2*1-6,12H,(H,13,14);/q;;+2/p-2. The minimum absolute atomic E-state index is 0. The molecule has 0 radical (unpaired) electrons. The van der Waals surface area contributed by atoms with Crippen LogP contribution in [-0.2, 0) is 0 Å². The van der Waals surface area contributed by atoms with E-state index in [0.717, 1.165) is 0 Å². The average molecular weight is 414 g/mol. The number of carboxylic acid groups (broad SMARTS) is 2. The van der Waals surface area contributed by atoms with Crippen molar-refractivity contribution >= 4 is 71.2 Å². The molecule has 0 unspecified atom stereocenters. The number of benzene rings is 4. The molecule has 140 valence electrons. The van der Waals surface area contributed by atoms with Crippen LogP contribution < -0.4 is 10.2 Å². The molecule has 0 bridgehead atoms. The molecule has 29 heavy (non-hydrogen) atoms. The van der Waals surface area contributed by atoms with Crippen LogP contribution in [0.4, 0.5) is 0 Å². The third kappa shape index (κ3) is 4.79. The predicted octanol–water partition coefficient (Wildman–Crippen LogP) is 1.44. The van der Waals surface area contributed by atoms with Crippen LogP contribution in [0.2, 0.25) is 0 Å². The van der Waals surface area contributed by atoms with Gasteiger partial charge >= 0.3 is 37.7 Å². The predicted molar refractivity (Wildman–Crippen MR) is 106 cm³/mol. The number of carbonyl (C=O) groups is 2. The Labute approximate surface area is 195 Å². The van der Waals surface area contributed by atoms with Crippen molar-refractivity contribution in [3.63, 3.8) is 0 Å². The number of hydrogen-bond acceptors (Lipinski definition) is 6. The SMILES string of the molecule is O=C([O-])c1ccc(O)c2ccccc12.O=C([O-])c1ccc(O)c2ccccc12.[Ca+2]. The van der Waals surface area contributed by atoms with Crippen LogP contribution in [0.1, 0.15) is 20.7 Å². The molecule has 4 aromatic carbocycles.